The Balaban J connectivity index is 1.22. The van der Waals surface area contributed by atoms with Crippen LogP contribution in [0, 0.1) is 0 Å². The molecule has 1 heterocycles. The fourth-order valence-corrected chi connectivity index (χ4v) is 8.03. The van der Waals surface area contributed by atoms with Crippen LogP contribution in [0.25, 0.3) is 0 Å². The third-order valence-corrected chi connectivity index (χ3v) is 10.5. The molecule has 2 aliphatic rings. The molecule has 232 valence electrons. The minimum absolute atomic E-state index is 0.0344. The predicted molar refractivity (Wildman–Crippen MR) is 175 cm³/mol. The molecule has 0 saturated carbocycles. The molecule has 0 bridgehead atoms. The van der Waals surface area contributed by atoms with Gasteiger partial charge >= 0.3 is 0 Å². The summed E-state index contributed by atoms with van der Waals surface area (Å²) in [5.41, 5.74) is 1.84. The number of methoxy groups -OCH3 is 1. The molecule has 42 heavy (non-hydrogen) atoms. The molecule has 1 aliphatic carbocycles. The molecule has 1 aromatic carbocycles. The standard InChI is InChI=1S/C32H48N4O4S2/c1-3-36(24-25-12-6-8-14-31(25)40-2)20-11-5-4-10-17-33-27-22-30(38)28(23-29(27)37)34-18-19-35-32(39)15-9-7-13-26-16-21-41-42-26/h6,8,12,14,22-23,26,33-34H,3-5,7,9-11,13,15-21,24H2,1-2H3,(H,35,39). The van der Waals surface area contributed by atoms with Crippen molar-refractivity contribution in [3.05, 3.63) is 53.4 Å². The van der Waals surface area contributed by atoms with Gasteiger partial charge in [-0.1, -0.05) is 66.0 Å². The number of nitrogens with one attached hydrogen (secondary N) is 3. The van der Waals surface area contributed by atoms with E-state index in [0.29, 0.717) is 31.8 Å². The third-order valence-electron chi connectivity index (χ3n) is 7.50. The number of ketones is 2. The number of para-hydroxylation sites is 1. The van der Waals surface area contributed by atoms with Gasteiger partial charge in [-0.15, -0.1) is 0 Å². The van der Waals surface area contributed by atoms with E-state index in [0.717, 1.165) is 69.2 Å². The minimum atomic E-state index is -0.221. The third kappa shape index (κ3) is 12.4. The molecule has 1 amide bonds. The lowest BCUT2D eigenvalue weighted by Crippen LogP contribution is -2.35. The number of amides is 1. The molecule has 1 fully saturated rings. The number of carbonyl (C=O) groups is 3. The highest BCUT2D eigenvalue weighted by molar-refractivity contribution is 8.77. The summed E-state index contributed by atoms with van der Waals surface area (Å²) in [5, 5.41) is 9.77. The summed E-state index contributed by atoms with van der Waals surface area (Å²) in [6.07, 6.45) is 11.9. The Morgan fingerprint density at radius 3 is 2.40 bits per heavy atom. The topological polar surface area (TPSA) is 99.8 Å². The number of ether oxygens (including phenoxy) is 1. The Hall–Kier alpha value is -2.43. The summed E-state index contributed by atoms with van der Waals surface area (Å²) in [6.45, 7) is 6.55. The molecule has 3 N–H and O–H groups in total. The van der Waals surface area contributed by atoms with Crippen molar-refractivity contribution in [3.8, 4) is 5.75 Å². The normalized spacial score (nSPS) is 16.8. The lowest BCUT2D eigenvalue weighted by Gasteiger charge is -2.21. The van der Waals surface area contributed by atoms with Gasteiger partial charge in [-0.2, -0.15) is 0 Å². The van der Waals surface area contributed by atoms with Crippen molar-refractivity contribution < 1.29 is 19.1 Å². The molecular weight excluding hydrogens is 569 g/mol. The summed E-state index contributed by atoms with van der Waals surface area (Å²) >= 11 is 0. The van der Waals surface area contributed by atoms with E-state index in [-0.39, 0.29) is 23.2 Å². The first-order chi connectivity index (χ1) is 20.5. The number of benzene rings is 1. The first-order valence-corrected chi connectivity index (χ1v) is 17.8. The van der Waals surface area contributed by atoms with Gasteiger partial charge in [0.1, 0.15) is 5.75 Å². The Kier molecular flexibility index (Phi) is 16.0. The largest absolute Gasteiger partial charge is 0.496 e. The van der Waals surface area contributed by atoms with Gasteiger partial charge in [0.25, 0.3) is 0 Å². The zero-order valence-corrected chi connectivity index (χ0v) is 26.9. The highest BCUT2D eigenvalue weighted by Crippen LogP contribution is 2.39. The Bertz CT molecular complexity index is 1070. The van der Waals surface area contributed by atoms with E-state index in [1.54, 1.807) is 7.11 Å². The molecule has 10 heteroatoms. The maximum absolute atomic E-state index is 12.5. The van der Waals surface area contributed by atoms with Crippen LogP contribution >= 0.6 is 21.6 Å². The Morgan fingerprint density at radius 1 is 0.952 bits per heavy atom. The Labute approximate surface area is 259 Å². The molecule has 0 radical (unpaired) electrons. The number of hydrogen-bond donors (Lipinski definition) is 3. The average Bonchev–Trinajstić information content (AvgIpc) is 3.52. The highest BCUT2D eigenvalue weighted by atomic mass is 33.1. The molecule has 1 aromatic rings. The average molecular weight is 617 g/mol. The second kappa shape index (κ2) is 19.7. The van der Waals surface area contributed by atoms with Crippen molar-refractivity contribution in [1.82, 2.24) is 20.9 Å². The SMILES string of the molecule is CCN(CCCCCCNC1=CC(=O)C(NCCNC(=O)CCCCC2CCSS2)=CC1=O)Cc1ccccc1OC. The van der Waals surface area contributed by atoms with Gasteiger partial charge in [0.15, 0.2) is 0 Å². The smallest absolute Gasteiger partial charge is 0.220 e. The predicted octanol–water partition coefficient (Wildman–Crippen LogP) is 5.01. The fraction of sp³-hybridized carbons (Fsp3) is 0.594. The van der Waals surface area contributed by atoms with Gasteiger partial charge in [-0.3, -0.25) is 19.3 Å². The molecule has 0 aromatic heterocycles. The van der Waals surface area contributed by atoms with Gasteiger partial charge in [0.2, 0.25) is 17.5 Å². The van der Waals surface area contributed by atoms with Gasteiger partial charge < -0.3 is 20.7 Å². The van der Waals surface area contributed by atoms with Crippen molar-refractivity contribution >= 4 is 39.1 Å². The van der Waals surface area contributed by atoms with Gasteiger partial charge in [0, 0.05) is 61.3 Å². The molecule has 3 rings (SSSR count). The quantitative estimate of drug-likeness (QED) is 0.100. The zero-order chi connectivity index (χ0) is 30.0. The summed E-state index contributed by atoms with van der Waals surface area (Å²) in [6, 6.07) is 8.16. The van der Waals surface area contributed by atoms with Crippen molar-refractivity contribution in [1.29, 1.82) is 0 Å². The van der Waals surface area contributed by atoms with E-state index in [1.165, 1.54) is 36.3 Å². The monoisotopic (exact) mass is 616 g/mol. The van der Waals surface area contributed by atoms with Crippen molar-refractivity contribution in [2.24, 2.45) is 0 Å². The maximum Gasteiger partial charge on any atom is 0.220 e. The molecule has 1 unspecified atom stereocenters. The molecule has 1 atom stereocenters. The van der Waals surface area contributed by atoms with Crippen LogP contribution < -0.4 is 20.7 Å². The van der Waals surface area contributed by atoms with E-state index in [9.17, 15) is 14.4 Å². The van der Waals surface area contributed by atoms with E-state index >= 15 is 0 Å². The highest BCUT2D eigenvalue weighted by Gasteiger charge is 2.20. The van der Waals surface area contributed by atoms with Gasteiger partial charge in [-0.25, -0.2) is 0 Å². The van der Waals surface area contributed by atoms with E-state index in [2.05, 4.69) is 33.8 Å². The van der Waals surface area contributed by atoms with Crippen LogP contribution in [0.15, 0.2) is 47.8 Å². The summed E-state index contributed by atoms with van der Waals surface area (Å²) in [5.74, 6) is 1.79. The van der Waals surface area contributed by atoms with E-state index in [4.69, 9.17) is 4.74 Å². The molecule has 8 nitrogen and oxygen atoms in total. The summed E-state index contributed by atoms with van der Waals surface area (Å²) < 4.78 is 5.48. The number of hydrogen-bond acceptors (Lipinski definition) is 9. The number of rotatable bonds is 21. The van der Waals surface area contributed by atoms with Gasteiger partial charge in [0.05, 0.1) is 18.5 Å². The van der Waals surface area contributed by atoms with Crippen LogP contribution in [0.2, 0.25) is 0 Å². The van der Waals surface area contributed by atoms with Crippen LogP contribution in [-0.4, -0.2) is 73.2 Å². The van der Waals surface area contributed by atoms with Crippen molar-refractivity contribution in [3.63, 3.8) is 0 Å². The number of unbranched alkanes of at least 4 members (excludes halogenated alkanes) is 4. The molecule has 1 saturated heterocycles. The maximum atomic E-state index is 12.5. The Morgan fingerprint density at radius 2 is 1.69 bits per heavy atom. The minimum Gasteiger partial charge on any atom is -0.496 e. The lowest BCUT2D eigenvalue weighted by molar-refractivity contribution is -0.121. The number of carbonyl (C=O) groups excluding carboxylic acids is 3. The van der Waals surface area contributed by atoms with Crippen molar-refractivity contribution in [2.75, 3.05) is 45.6 Å². The van der Waals surface area contributed by atoms with E-state index in [1.807, 2.05) is 39.8 Å². The number of allylic oxidation sites excluding steroid dienone is 2. The fourth-order valence-electron chi connectivity index (χ4n) is 5.01. The van der Waals surface area contributed by atoms with E-state index < -0.39 is 0 Å². The molecule has 0 spiro atoms. The second-order valence-electron chi connectivity index (χ2n) is 10.7. The van der Waals surface area contributed by atoms with Crippen LogP contribution in [-0.2, 0) is 20.9 Å². The number of nitrogens with zero attached hydrogens (tertiary/aromatic N) is 1. The molecule has 1 aliphatic heterocycles. The summed E-state index contributed by atoms with van der Waals surface area (Å²) in [7, 11) is 5.64. The lowest BCUT2D eigenvalue weighted by atomic mass is 10.1. The van der Waals surface area contributed by atoms with Crippen LogP contribution in [0.1, 0.15) is 70.3 Å². The van der Waals surface area contributed by atoms with Crippen LogP contribution in [0.5, 0.6) is 5.75 Å². The van der Waals surface area contributed by atoms with Crippen LogP contribution in [0.4, 0.5) is 0 Å². The van der Waals surface area contributed by atoms with Gasteiger partial charge in [-0.05, 0) is 51.3 Å². The summed E-state index contributed by atoms with van der Waals surface area (Å²) in [4.78, 5) is 39.5. The first-order valence-electron chi connectivity index (χ1n) is 15.4. The molecular formula is C32H48N4O4S2. The first kappa shape index (κ1) is 34.1. The zero-order valence-electron chi connectivity index (χ0n) is 25.3. The van der Waals surface area contributed by atoms with Crippen molar-refractivity contribution in [2.45, 2.75) is 76.5 Å². The van der Waals surface area contributed by atoms with Crippen LogP contribution in [0.3, 0.4) is 0 Å². The second-order valence-corrected chi connectivity index (χ2v) is 13.5.